The van der Waals surface area contributed by atoms with E-state index in [0.717, 1.165) is 38.7 Å². The van der Waals surface area contributed by atoms with Crippen molar-refractivity contribution in [3.63, 3.8) is 0 Å². The Hall–Kier alpha value is -1.42. The first-order valence-corrected chi connectivity index (χ1v) is 11.3. The fourth-order valence-corrected chi connectivity index (χ4v) is 4.77. The van der Waals surface area contributed by atoms with Crippen LogP contribution in [0.4, 0.5) is 8.78 Å². The van der Waals surface area contributed by atoms with Crippen LogP contribution in [0.15, 0.2) is 30.9 Å². The number of halogens is 2. The van der Waals surface area contributed by atoms with Gasteiger partial charge in [-0.15, -0.1) is 6.58 Å². The molecule has 2 fully saturated rings. The number of allylic oxidation sites excluding steroid dienone is 1. The van der Waals surface area contributed by atoms with Gasteiger partial charge in [0.1, 0.15) is 24.3 Å². The van der Waals surface area contributed by atoms with Gasteiger partial charge in [-0.3, -0.25) is 0 Å². The van der Waals surface area contributed by atoms with Gasteiger partial charge < -0.3 is 9.47 Å². The zero-order chi connectivity index (χ0) is 20.6. The summed E-state index contributed by atoms with van der Waals surface area (Å²) in [4.78, 5) is 0. The SMILES string of the molecule is C=CCCc1ccc(OCC(F)CC2CCC(C3CCC(C)CO3)CC2)cc1F. The van der Waals surface area contributed by atoms with Gasteiger partial charge in [-0.25, -0.2) is 8.78 Å². The Balaban J connectivity index is 1.36. The van der Waals surface area contributed by atoms with Crippen LogP contribution in [-0.2, 0) is 11.2 Å². The maximum atomic E-state index is 14.5. The smallest absolute Gasteiger partial charge is 0.134 e. The third-order valence-corrected chi connectivity index (χ3v) is 6.62. The number of rotatable bonds is 9. The Morgan fingerprint density at radius 1 is 1.21 bits per heavy atom. The van der Waals surface area contributed by atoms with E-state index < -0.39 is 6.17 Å². The van der Waals surface area contributed by atoms with E-state index in [1.165, 1.54) is 18.9 Å². The molecular formula is C25H36F2O2. The second-order valence-corrected chi connectivity index (χ2v) is 9.06. The van der Waals surface area contributed by atoms with Crippen LogP contribution >= 0.6 is 0 Å². The predicted molar refractivity (Wildman–Crippen MR) is 114 cm³/mol. The average Bonchev–Trinajstić information content (AvgIpc) is 2.73. The van der Waals surface area contributed by atoms with Crippen molar-refractivity contribution in [3.05, 3.63) is 42.2 Å². The molecule has 2 nitrogen and oxygen atoms in total. The third kappa shape index (κ3) is 6.80. The Morgan fingerprint density at radius 2 is 2.00 bits per heavy atom. The third-order valence-electron chi connectivity index (χ3n) is 6.62. The second-order valence-electron chi connectivity index (χ2n) is 9.06. The standard InChI is InChI=1S/C25H36F2O2/c1-3-4-5-20-11-12-23(15-24(20)27)28-17-22(26)14-19-7-9-21(10-8-19)25-13-6-18(2)16-29-25/h3,11-12,15,18-19,21-22,25H,1,4-10,13-14,16-17H2,2H3. The van der Waals surface area contributed by atoms with Crippen LogP contribution in [0.5, 0.6) is 5.75 Å². The molecule has 0 bridgehead atoms. The number of alkyl halides is 1. The number of benzene rings is 1. The maximum Gasteiger partial charge on any atom is 0.134 e. The highest BCUT2D eigenvalue weighted by molar-refractivity contribution is 5.29. The number of hydrogen-bond donors (Lipinski definition) is 0. The molecule has 3 atom stereocenters. The molecule has 29 heavy (non-hydrogen) atoms. The highest BCUT2D eigenvalue weighted by Crippen LogP contribution is 2.37. The molecule has 1 aliphatic heterocycles. The van der Waals surface area contributed by atoms with Crippen molar-refractivity contribution in [1.29, 1.82) is 0 Å². The molecule has 0 amide bonds. The lowest BCUT2D eigenvalue weighted by molar-refractivity contribution is -0.0552. The summed E-state index contributed by atoms with van der Waals surface area (Å²) in [6.07, 6.45) is 9.97. The Bertz CT molecular complexity index is 632. The minimum Gasteiger partial charge on any atom is -0.490 e. The molecule has 0 N–H and O–H groups in total. The molecule has 1 aromatic carbocycles. The predicted octanol–water partition coefficient (Wildman–Crippen LogP) is 6.67. The number of hydrogen-bond acceptors (Lipinski definition) is 2. The summed E-state index contributed by atoms with van der Waals surface area (Å²) in [6.45, 7) is 6.80. The summed E-state index contributed by atoms with van der Waals surface area (Å²) >= 11 is 0. The fourth-order valence-electron chi connectivity index (χ4n) is 4.77. The maximum absolute atomic E-state index is 14.5. The quantitative estimate of drug-likeness (QED) is 0.426. The molecule has 0 aromatic heterocycles. The van der Waals surface area contributed by atoms with E-state index in [9.17, 15) is 8.78 Å². The lowest BCUT2D eigenvalue weighted by Crippen LogP contribution is -2.34. The van der Waals surface area contributed by atoms with Crippen LogP contribution in [0.25, 0.3) is 0 Å². The minimum atomic E-state index is -1.01. The van der Waals surface area contributed by atoms with E-state index >= 15 is 0 Å². The molecule has 1 heterocycles. The largest absolute Gasteiger partial charge is 0.490 e. The zero-order valence-corrected chi connectivity index (χ0v) is 17.8. The van der Waals surface area contributed by atoms with Crippen LogP contribution in [-0.4, -0.2) is 25.5 Å². The lowest BCUT2D eigenvalue weighted by atomic mass is 9.76. The first-order chi connectivity index (χ1) is 14.0. The van der Waals surface area contributed by atoms with E-state index in [-0.39, 0.29) is 12.4 Å². The molecule has 3 rings (SSSR count). The Kier molecular flexibility index (Phi) is 8.53. The molecule has 4 heteroatoms. The van der Waals surface area contributed by atoms with E-state index in [1.54, 1.807) is 18.2 Å². The summed E-state index contributed by atoms with van der Waals surface area (Å²) in [6, 6.07) is 4.81. The van der Waals surface area contributed by atoms with Gasteiger partial charge >= 0.3 is 0 Å². The van der Waals surface area contributed by atoms with Crippen LogP contribution in [0.3, 0.4) is 0 Å². The summed E-state index contributed by atoms with van der Waals surface area (Å²) in [5, 5.41) is 0. The monoisotopic (exact) mass is 406 g/mol. The summed E-state index contributed by atoms with van der Waals surface area (Å²) in [5.41, 5.74) is 0.641. The number of ether oxygens (including phenoxy) is 2. The van der Waals surface area contributed by atoms with Gasteiger partial charge in [-0.05, 0) is 87.2 Å². The molecule has 0 radical (unpaired) electrons. The van der Waals surface area contributed by atoms with E-state index in [1.807, 2.05) is 0 Å². The summed E-state index contributed by atoms with van der Waals surface area (Å²) in [5.74, 6) is 1.87. The van der Waals surface area contributed by atoms with E-state index in [0.29, 0.717) is 48.0 Å². The van der Waals surface area contributed by atoms with Crippen molar-refractivity contribution >= 4 is 0 Å². The zero-order valence-electron chi connectivity index (χ0n) is 17.8. The molecule has 1 saturated heterocycles. The molecular weight excluding hydrogens is 370 g/mol. The Morgan fingerprint density at radius 3 is 2.66 bits per heavy atom. The van der Waals surface area contributed by atoms with Gasteiger partial charge in [0.05, 0.1) is 6.10 Å². The highest BCUT2D eigenvalue weighted by Gasteiger charge is 2.31. The van der Waals surface area contributed by atoms with Gasteiger partial charge in [-0.1, -0.05) is 19.1 Å². The van der Waals surface area contributed by atoms with Crippen LogP contribution in [0.1, 0.15) is 63.9 Å². The van der Waals surface area contributed by atoms with Gasteiger partial charge in [0.2, 0.25) is 0 Å². The molecule has 0 spiro atoms. The van der Waals surface area contributed by atoms with Crippen molar-refractivity contribution in [2.24, 2.45) is 17.8 Å². The molecule has 1 saturated carbocycles. The van der Waals surface area contributed by atoms with E-state index in [4.69, 9.17) is 9.47 Å². The van der Waals surface area contributed by atoms with Gasteiger partial charge in [0, 0.05) is 12.7 Å². The molecule has 1 aliphatic carbocycles. The molecule has 1 aromatic rings. The number of aryl methyl sites for hydroxylation is 1. The fraction of sp³-hybridized carbons (Fsp3) is 0.680. The van der Waals surface area contributed by atoms with Crippen LogP contribution in [0, 0.1) is 23.6 Å². The van der Waals surface area contributed by atoms with Crippen LogP contribution in [0.2, 0.25) is 0 Å². The molecule has 3 unspecified atom stereocenters. The minimum absolute atomic E-state index is 0.00496. The first-order valence-electron chi connectivity index (χ1n) is 11.3. The van der Waals surface area contributed by atoms with Gasteiger partial charge in [0.15, 0.2) is 0 Å². The lowest BCUT2D eigenvalue weighted by Gasteiger charge is -2.37. The highest BCUT2D eigenvalue weighted by atomic mass is 19.1. The van der Waals surface area contributed by atoms with Crippen molar-refractivity contribution in [2.75, 3.05) is 13.2 Å². The van der Waals surface area contributed by atoms with Crippen molar-refractivity contribution in [3.8, 4) is 5.75 Å². The summed E-state index contributed by atoms with van der Waals surface area (Å²) in [7, 11) is 0. The topological polar surface area (TPSA) is 18.5 Å². The Labute approximate surface area is 174 Å². The van der Waals surface area contributed by atoms with Gasteiger partial charge in [0.25, 0.3) is 0 Å². The summed E-state index contributed by atoms with van der Waals surface area (Å²) < 4.78 is 40.1. The van der Waals surface area contributed by atoms with Gasteiger partial charge in [-0.2, -0.15) is 0 Å². The van der Waals surface area contributed by atoms with E-state index in [2.05, 4.69) is 13.5 Å². The normalized spacial score (nSPS) is 28.7. The average molecular weight is 407 g/mol. The molecule has 2 aliphatic rings. The second kappa shape index (κ2) is 11.1. The van der Waals surface area contributed by atoms with Crippen molar-refractivity contribution in [2.45, 2.75) is 77.0 Å². The molecule has 162 valence electrons. The first kappa shape index (κ1) is 22.3. The van der Waals surface area contributed by atoms with Crippen LogP contribution < -0.4 is 4.74 Å². The van der Waals surface area contributed by atoms with Crippen molar-refractivity contribution in [1.82, 2.24) is 0 Å². The van der Waals surface area contributed by atoms with Crippen molar-refractivity contribution < 1.29 is 18.3 Å².